The molecule has 1 unspecified atom stereocenters. The summed E-state index contributed by atoms with van der Waals surface area (Å²) in [4.78, 5) is 23.0. The lowest BCUT2D eigenvalue weighted by Gasteiger charge is -2.44. The molecule has 2 aromatic rings. The van der Waals surface area contributed by atoms with Gasteiger partial charge in [0.1, 0.15) is 11.3 Å². The lowest BCUT2D eigenvalue weighted by molar-refractivity contribution is -0.260. The van der Waals surface area contributed by atoms with Gasteiger partial charge in [-0.15, -0.1) is 0 Å². The van der Waals surface area contributed by atoms with Crippen molar-refractivity contribution in [2.45, 2.75) is 44.9 Å². The molecule has 2 aliphatic heterocycles. The molecular formula is C18H18O7. The molecule has 7 nitrogen and oxygen atoms in total. The van der Waals surface area contributed by atoms with E-state index in [1.165, 1.54) is 6.07 Å². The van der Waals surface area contributed by atoms with Crippen LogP contribution in [0.3, 0.4) is 0 Å². The maximum atomic E-state index is 11.6. The minimum atomic E-state index is -0.824. The van der Waals surface area contributed by atoms with E-state index in [0.29, 0.717) is 11.3 Å². The quantitative estimate of drug-likeness (QED) is 0.610. The number of benzene rings is 1. The van der Waals surface area contributed by atoms with Gasteiger partial charge >= 0.3 is 11.8 Å². The van der Waals surface area contributed by atoms with Gasteiger partial charge in [-0.1, -0.05) is 6.92 Å². The number of carbonyl (C=O) groups excluding carboxylic acids is 1. The van der Waals surface area contributed by atoms with Crippen LogP contribution in [0.2, 0.25) is 0 Å². The van der Waals surface area contributed by atoms with E-state index in [4.69, 9.17) is 23.4 Å². The van der Waals surface area contributed by atoms with E-state index in [1.807, 2.05) is 20.8 Å². The minimum Gasteiger partial charge on any atom is -0.461 e. The zero-order valence-electron chi connectivity index (χ0n) is 14.1. The summed E-state index contributed by atoms with van der Waals surface area (Å²) in [5.74, 6) is 0.386. The van der Waals surface area contributed by atoms with Crippen molar-refractivity contribution in [1.82, 2.24) is 0 Å². The third kappa shape index (κ3) is 2.74. The number of ether oxygens (including phenoxy) is 4. The summed E-state index contributed by atoms with van der Waals surface area (Å²) in [6.45, 7) is 5.77. The largest absolute Gasteiger partial charge is 0.509 e. The fourth-order valence-electron chi connectivity index (χ4n) is 3.19. The van der Waals surface area contributed by atoms with Gasteiger partial charge in [-0.3, -0.25) is 0 Å². The van der Waals surface area contributed by atoms with Crippen molar-refractivity contribution >= 4 is 17.1 Å². The van der Waals surface area contributed by atoms with Crippen LogP contribution in [-0.2, 0) is 14.2 Å². The summed E-state index contributed by atoms with van der Waals surface area (Å²) in [5.41, 5.74) is -0.597. The van der Waals surface area contributed by atoms with E-state index in [2.05, 4.69) is 0 Å². The van der Waals surface area contributed by atoms with Crippen LogP contribution in [0.5, 0.6) is 5.75 Å². The third-order valence-corrected chi connectivity index (χ3v) is 4.91. The fourth-order valence-corrected chi connectivity index (χ4v) is 3.19. The third-order valence-electron chi connectivity index (χ3n) is 4.91. The Hall–Kier alpha value is -2.54. The molecule has 0 aliphatic carbocycles. The smallest absolute Gasteiger partial charge is 0.461 e. The highest BCUT2D eigenvalue weighted by atomic mass is 16.8. The van der Waals surface area contributed by atoms with Crippen molar-refractivity contribution in [1.29, 1.82) is 0 Å². The van der Waals surface area contributed by atoms with Gasteiger partial charge in [0.05, 0.1) is 5.60 Å². The molecule has 0 saturated carbocycles. The van der Waals surface area contributed by atoms with Crippen molar-refractivity contribution in [3.63, 3.8) is 0 Å². The molecule has 25 heavy (non-hydrogen) atoms. The molecule has 1 aromatic carbocycles. The predicted molar refractivity (Wildman–Crippen MR) is 86.4 cm³/mol. The zero-order valence-corrected chi connectivity index (χ0v) is 14.1. The molecule has 0 bridgehead atoms. The standard InChI is InChI=1S/C18H18O7/c1-9-14-15(24-17(20)23-14)16(25-18(9,2)3)21-11-6-4-10-5-7-13(19)22-12(10)8-11/h4-9,14-16H,1-3H3/t9-,14+,15+,16?/m1/s1. The Morgan fingerprint density at radius 2 is 1.76 bits per heavy atom. The lowest BCUT2D eigenvalue weighted by Crippen LogP contribution is -2.58. The van der Waals surface area contributed by atoms with Crippen LogP contribution in [0.4, 0.5) is 4.79 Å². The van der Waals surface area contributed by atoms with Gasteiger partial charge < -0.3 is 23.4 Å². The molecule has 0 amide bonds. The fraction of sp³-hybridized carbons (Fsp3) is 0.444. The van der Waals surface area contributed by atoms with E-state index >= 15 is 0 Å². The highest BCUT2D eigenvalue weighted by Gasteiger charge is 2.56. The summed E-state index contributed by atoms with van der Waals surface area (Å²) in [6, 6.07) is 8.16. The van der Waals surface area contributed by atoms with Crippen LogP contribution in [0.15, 0.2) is 39.5 Å². The SMILES string of the molecule is C[C@@H]1[C@@H]2OC(=O)O[C@@H]2C(Oc2ccc3ccc(=O)oc3c2)OC1(C)C. The van der Waals surface area contributed by atoms with Crippen LogP contribution in [0.1, 0.15) is 20.8 Å². The number of hydrogen-bond acceptors (Lipinski definition) is 7. The number of rotatable bonds is 2. The number of carbonyl (C=O) groups is 1. The molecule has 132 valence electrons. The van der Waals surface area contributed by atoms with Crippen LogP contribution in [-0.4, -0.2) is 30.3 Å². The Kier molecular flexibility index (Phi) is 3.50. The molecule has 0 radical (unpaired) electrons. The molecule has 4 rings (SSSR count). The second-order valence-corrected chi connectivity index (χ2v) is 6.87. The summed E-state index contributed by atoms with van der Waals surface area (Å²) in [5, 5.41) is 0.777. The topological polar surface area (TPSA) is 84.2 Å². The van der Waals surface area contributed by atoms with Gasteiger partial charge in [-0.05, 0) is 32.0 Å². The summed E-state index contributed by atoms with van der Waals surface area (Å²) in [7, 11) is 0. The average molecular weight is 346 g/mol. The van der Waals surface area contributed by atoms with Crippen LogP contribution in [0.25, 0.3) is 11.0 Å². The Morgan fingerprint density at radius 1 is 1.04 bits per heavy atom. The first-order chi connectivity index (χ1) is 11.8. The second-order valence-electron chi connectivity index (χ2n) is 6.87. The average Bonchev–Trinajstić information content (AvgIpc) is 2.94. The van der Waals surface area contributed by atoms with E-state index in [1.54, 1.807) is 24.3 Å². The van der Waals surface area contributed by atoms with E-state index < -0.39 is 35.9 Å². The van der Waals surface area contributed by atoms with E-state index in [-0.39, 0.29) is 5.92 Å². The molecule has 2 saturated heterocycles. The van der Waals surface area contributed by atoms with Crippen molar-refractivity contribution in [3.8, 4) is 5.75 Å². The molecular weight excluding hydrogens is 328 g/mol. The highest BCUT2D eigenvalue weighted by molar-refractivity contribution is 5.77. The Morgan fingerprint density at radius 3 is 2.56 bits per heavy atom. The zero-order chi connectivity index (χ0) is 17.8. The van der Waals surface area contributed by atoms with Gasteiger partial charge in [0.25, 0.3) is 0 Å². The van der Waals surface area contributed by atoms with Crippen LogP contribution < -0.4 is 10.4 Å². The number of fused-ring (bicyclic) bond motifs is 2. The summed E-state index contributed by atoms with van der Waals surface area (Å²) in [6.07, 6.45) is -2.65. The normalized spacial score (nSPS) is 30.4. The Labute approximate surface area is 143 Å². The van der Waals surface area contributed by atoms with Gasteiger partial charge in [-0.2, -0.15) is 0 Å². The summed E-state index contributed by atoms with van der Waals surface area (Å²) < 4.78 is 27.6. The molecule has 3 heterocycles. The van der Waals surface area contributed by atoms with Crippen LogP contribution >= 0.6 is 0 Å². The molecule has 7 heteroatoms. The van der Waals surface area contributed by atoms with Crippen molar-refractivity contribution in [2.75, 3.05) is 0 Å². The Bertz CT molecular complexity index is 884. The van der Waals surface area contributed by atoms with Crippen molar-refractivity contribution in [2.24, 2.45) is 5.92 Å². The summed E-state index contributed by atoms with van der Waals surface area (Å²) >= 11 is 0. The van der Waals surface area contributed by atoms with Crippen molar-refractivity contribution < 1.29 is 28.2 Å². The maximum absolute atomic E-state index is 11.6. The molecule has 0 N–H and O–H groups in total. The first kappa shape index (κ1) is 16.0. The maximum Gasteiger partial charge on any atom is 0.509 e. The second kappa shape index (κ2) is 5.49. The first-order valence-corrected chi connectivity index (χ1v) is 8.09. The lowest BCUT2D eigenvalue weighted by atomic mass is 9.82. The van der Waals surface area contributed by atoms with E-state index in [0.717, 1.165) is 5.39 Å². The van der Waals surface area contributed by atoms with Gasteiger partial charge in [0, 0.05) is 23.4 Å². The van der Waals surface area contributed by atoms with Gasteiger partial charge in [0.2, 0.25) is 12.4 Å². The molecule has 2 fully saturated rings. The highest BCUT2D eigenvalue weighted by Crippen LogP contribution is 2.40. The van der Waals surface area contributed by atoms with Crippen LogP contribution in [0, 0.1) is 5.92 Å². The minimum absolute atomic E-state index is 0.0570. The first-order valence-electron chi connectivity index (χ1n) is 8.09. The molecule has 4 atom stereocenters. The number of hydrogen-bond donors (Lipinski definition) is 0. The van der Waals surface area contributed by atoms with E-state index in [9.17, 15) is 9.59 Å². The molecule has 2 aliphatic rings. The molecule has 1 aromatic heterocycles. The monoisotopic (exact) mass is 346 g/mol. The Balaban J connectivity index is 1.64. The van der Waals surface area contributed by atoms with Gasteiger partial charge in [0.15, 0.2) is 6.10 Å². The molecule has 0 spiro atoms. The van der Waals surface area contributed by atoms with Gasteiger partial charge in [-0.25, -0.2) is 9.59 Å². The van der Waals surface area contributed by atoms with Crippen molar-refractivity contribution in [3.05, 3.63) is 40.8 Å². The predicted octanol–water partition coefficient (Wildman–Crippen LogP) is 2.85.